The molecule has 0 heterocycles. The molecule has 14 heavy (non-hydrogen) atoms. The van der Waals surface area contributed by atoms with E-state index in [-0.39, 0.29) is 17.4 Å². The summed E-state index contributed by atoms with van der Waals surface area (Å²) in [5.41, 5.74) is -0.330. The standard InChI is InChI=1S/C11H20N2O/c1-5-9(7-8-12)13-10(14)11(3,4)6-2/h9H,5-7H2,1-4H3,(H,13,14). The first-order chi connectivity index (χ1) is 6.47. The van der Waals surface area contributed by atoms with Crippen LogP contribution in [0.25, 0.3) is 0 Å². The highest BCUT2D eigenvalue weighted by Gasteiger charge is 2.26. The number of carbonyl (C=O) groups excluding carboxylic acids is 1. The number of hydrogen-bond donors (Lipinski definition) is 1. The number of nitriles is 1. The Kier molecular flexibility index (Phi) is 5.22. The summed E-state index contributed by atoms with van der Waals surface area (Å²) >= 11 is 0. The number of rotatable bonds is 5. The molecule has 0 saturated heterocycles. The Morgan fingerprint density at radius 3 is 2.43 bits per heavy atom. The SMILES string of the molecule is CCC(CC#N)NC(=O)C(C)(C)CC. The third kappa shape index (κ3) is 3.78. The fraction of sp³-hybridized carbons (Fsp3) is 0.818. The number of amides is 1. The third-order valence-electron chi connectivity index (χ3n) is 2.66. The van der Waals surface area contributed by atoms with Gasteiger partial charge in [0.2, 0.25) is 5.91 Å². The lowest BCUT2D eigenvalue weighted by molar-refractivity contribution is -0.130. The fourth-order valence-corrected chi connectivity index (χ4v) is 0.949. The summed E-state index contributed by atoms with van der Waals surface area (Å²) in [7, 11) is 0. The van der Waals surface area contributed by atoms with Crippen LogP contribution in [0.3, 0.4) is 0 Å². The van der Waals surface area contributed by atoms with Gasteiger partial charge in [0, 0.05) is 11.5 Å². The summed E-state index contributed by atoms with van der Waals surface area (Å²) in [6.07, 6.45) is 2.00. The highest BCUT2D eigenvalue weighted by atomic mass is 16.2. The van der Waals surface area contributed by atoms with E-state index in [9.17, 15) is 4.79 Å². The van der Waals surface area contributed by atoms with Gasteiger partial charge in [-0.25, -0.2) is 0 Å². The van der Waals surface area contributed by atoms with E-state index in [1.807, 2.05) is 27.7 Å². The molecule has 0 bridgehead atoms. The molecule has 1 atom stereocenters. The zero-order chi connectivity index (χ0) is 11.2. The Bertz CT molecular complexity index is 228. The van der Waals surface area contributed by atoms with Crippen LogP contribution >= 0.6 is 0 Å². The molecule has 0 radical (unpaired) electrons. The first-order valence-electron chi connectivity index (χ1n) is 5.15. The van der Waals surface area contributed by atoms with Gasteiger partial charge in [0.1, 0.15) is 0 Å². The Hall–Kier alpha value is -1.04. The van der Waals surface area contributed by atoms with Crippen LogP contribution in [0.1, 0.15) is 47.0 Å². The van der Waals surface area contributed by atoms with E-state index in [2.05, 4.69) is 11.4 Å². The molecular formula is C11H20N2O. The van der Waals surface area contributed by atoms with E-state index in [1.54, 1.807) is 0 Å². The van der Waals surface area contributed by atoms with Crippen molar-refractivity contribution in [1.29, 1.82) is 5.26 Å². The molecular weight excluding hydrogens is 176 g/mol. The van der Waals surface area contributed by atoms with E-state index >= 15 is 0 Å². The molecule has 1 N–H and O–H groups in total. The van der Waals surface area contributed by atoms with Crippen LogP contribution in [0.15, 0.2) is 0 Å². The van der Waals surface area contributed by atoms with Crippen LogP contribution in [0.4, 0.5) is 0 Å². The monoisotopic (exact) mass is 196 g/mol. The van der Waals surface area contributed by atoms with Crippen molar-refractivity contribution < 1.29 is 4.79 Å². The lowest BCUT2D eigenvalue weighted by Gasteiger charge is -2.24. The summed E-state index contributed by atoms with van der Waals surface area (Å²) in [6, 6.07) is 2.08. The number of nitrogens with zero attached hydrogens (tertiary/aromatic N) is 1. The van der Waals surface area contributed by atoms with Crippen molar-refractivity contribution in [1.82, 2.24) is 5.32 Å². The zero-order valence-corrected chi connectivity index (χ0v) is 9.55. The van der Waals surface area contributed by atoms with Crippen LogP contribution in [-0.2, 0) is 4.79 Å². The van der Waals surface area contributed by atoms with Gasteiger partial charge in [-0.3, -0.25) is 4.79 Å². The average molecular weight is 196 g/mol. The second-order valence-electron chi connectivity index (χ2n) is 4.18. The molecule has 0 aromatic carbocycles. The molecule has 0 aromatic rings. The van der Waals surface area contributed by atoms with Gasteiger partial charge < -0.3 is 5.32 Å². The molecule has 80 valence electrons. The smallest absolute Gasteiger partial charge is 0.225 e. The Labute approximate surface area is 86.5 Å². The quantitative estimate of drug-likeness (QED) is 0.733. The fourth-order valence-electron chi connectivity index (χ4n) is 0.949. The molecule has 0 spiro atoms. The molecule has 0 aliphatic heterocycles. The molecule has 0 fully saturated rings. The number of carbonyl (C=O) groups is 1. The van der Waals surface area contributed by atoms with Gasteiger partial charge in [0.05, 0.1) is 12.5 Å². The summed E-state index contributed by atoms with van der Waals surface area (Å²) < 4.78 is 0. The Morgan fingerprint density at radius 2 is 2.07 bits per heavy atom. The highest BCUT2D eigenvalue weighted by molar-refractivity contribution is 5.81. The van der Waals surface area contributed by atoms with Gasteiger partial charge in [-0.05, 0) is 12.8 Å². The summed E-state index contributed by atoms with van der Waals surface area (Å²) in [4.78, 5) is 11.7. The molecule has 1 unspecified atom stereocenters. The predicted molar refractivity (Wildman–Crippen MR) is 56.5 cm³/mol. The van der Waals surface area contributed by atoms with Gasteiger partial charge in [0.25, 0.3) is 0 Å². The van der Waals surface area contributed by atoms with Crippen LogP contribution in [-0.4, -0.2) is 11.9 Å². The zero-order valence-electron chi connectivity index (χ0n) is 9.55. The van der Waals surface area contributed by atoms with Crippen molar-refractivity contribution in [2.24, 2.45) is 5.41 Å². The molecule has 3 nitrogen and oxygen atoms in total. The lowest BCUT2D eigenvalue weighted by Crippen LogP contribution is -2.42. The summed E-state index contributed by atoms with van der Waals surface area (Å²) in [5, 5.41) is 11.4. The van der Waals surface area contributed by atoms with Crippen LogP contribution in [0.2, 0.25) is 0 Å². The molecule has 0 aromatic heterocycles. The van der Waals surface area contributed by atoms with Crippen molar-refractivity contribution in [3.8, 4) is 6.07 Å². The molecule has 3 heteroatoms. The maximum atomic E-state index is 11.7. The van der Waals surface area contributed by atoms with Gasteiger partial charge in [-0.2, -0.15) is 5.26 Å². The van der Waals surface area contributed by atoms with Crippen molar-refractivity contribution in [3.63, 3.8) is 0 Å². The Morgan fingerprint density at radius 1 is 1.50 bits per heavy atom. The van der Waals surface area contributed by atoms with Crippen LogP contribution < -0.4 is 5.32 Å². The highest BCUT2D eigenvalue weighted by Crippen LogP contribution is 2.20. The van der Waals surface area contributed by atoms with E-state index in [0.717, 1.165) is 12.8 Å². The average Bonchev–Trinajstić information content (AvgIpc) is 2.16. The molecule has 1 amide bonds. The van der Waals surface area contributed by atoms with Gasteiger partial charge in [-0.1, -0.05) is 27.7 Å². The predicted octanol–water partition coefficient (Wildman–Crippen LogP) is 2.23. The minimum absolute atomic E-state index is 0.00155. The van der Waals surface area contributed by atoms with Gasteiger partial charge in [0.15, 0.2) is 0 Å². The molecule has 0 rings (SSSR count). The second-order valence-corrected chi connectivity index (χ2v) is 4.18. The van der Waals surface area contributed by atoms with Crippen LogP contribution in [0, 0.1) is 16.7 Å². The van der Waals surface area contributed by atoms with Gasteiger partial charge >= 0.3 is 0 Å². The normalized spacial score (nSPS) is 13.1. The minimum Gasteiger partial charge on any atom is -0.352 e. The maximum Gasteiger partial charge on any atom is 0.225 e. The Balaban J connectivity index is 4.23. The van der Waals surface area contributed by atoms with Crippen LogP contribution in [0.5, 0.6) is 0 Å². The third-order valence-corrected chi connectivity index (χ3v) is 2.66. The van der Waals surface area contributed by atoms with E-state index < -0.39 is 0 Å². The largest absolute Gasteiger partial charge is 0.352 e. The van der Waals surface area contributed by atoms with Crippen molar-refractivity contribution in [2.75, 3.05) is 0 Å². The van der Waals surface area contributed by atoms with E-state index in [1.165, 1.54) is 0 Å². The first-order valence-corrected chi connectivity index (χ1v) is 5.15. The summed E-state index contributed by atoms with van der Waals surface area (Å²) in [6.45, 7) is 7.80. The number of hydrogen-bond acceptors (Lipinski definition) is 2. The van der Waals surface area contributed by atoms with E-state index in [4.69, 9.17) is 5.26 Å². The second kappa shape index (κ2) is 5.64. The maximum absolute atomic E-state index is 11.7. The topological polar surface area (TPSA) is 52.9 Å². The van der Waals surface area contributed by atoms with Crippen molar-refractivity contribution in [3.05, 3.63) is 0 Å². The van der Waals surface area contributed by atoms with E-state index in [0.29, 0.717) is 6.42 Å². The molecule has 0 saturated carbocycles. The van der Waals surface area contributed by atoms with Crippen molar-refractivity contribution in [2.45, 2.75) is 53.0 Å². The minimum atomic E-state index is -0.330. The summed E-state index contributed by atoms with van der Waals surface area (Å²) in [5.74, 6) is 0.0436. The lowest BCUT2D eigenvalue weighted by atomic mass is 9.89. The first kappa shape index (κ1) is 13.0. The molecule has 0 aliphatic rings. The van der Waals surface area contributed by atoms with Gasteiger partial charge in [-0.15, -0.1) is 0 Å². The molecule has 0 aliphatic carbocycles. The number of nitrogens with one attached hydrogen (secondary N) is 1. The van der Waals surface area contributed by atoms with Crippen molar-refractivity contribution >= 4 is 5.91 Å².